The molecule has 5 heteroatoms. The molecule has 0 aliphatic rings. The maximum absolute atomic E-state index is 4.50. The first-order valence-electron chi connectivity index (χ1n) is 8.50. The van der Waals surface area contributed by atoms with Crippen LogP contribution in [0.25, 0.3) is 0 Å². The van der Waals surface area contributed by atoms with Crippen molar-refractivity contribution in [2.45, 2.75) is 32.7 Å². The first-order valence-corrected chi connectivity index (χ1v) is 8.50. The number of aromatic nitrogens is 3. The predicted octanol–water partition coefficient (Wildman–Crippen LogP) is 4.91. The lowest BCUT2D eigenvalue weighted by Crippen LogP contribution is -2.09. The topological polar surface area (TPSA) is 62.7 Å². The van der Waals surface area contributed by atoms with Gasteiger partial charge < -0.3 is 10.6 Å². The van der Waals surface area contributed by atoms with Crippen LogP contribution in [0.2, 0.25) is 0 Å². The van der Waals surface area contributed by atoms with Crippen LogP contribution >= 0.6 is 0 Å². The van der Waals surface area contributed by atoms with Gasteiger partial charge in [-0.1, -0.05) is 56.3 Å². The Kier molecular flexibility index (Phi) is 5.23. The van der Waals surface area contributed by atoms with Gasteiger partial charge in [0.15, 0.2) is 5.82 Å². The number of benzene rings is 2. The summed E-state index contributed by atoms with van der Waals surface area (Å²) in [5, 5.41) is 14.6. The van der Waals surface area contributed by atoms with Gasteiger partial charge in [-0.2, -0.15) is 10.1 Å². The lowest BCUT2D eigenvalue weighted by atomic mass is 10.0. The largest absolute Gasteiger partial charge is 0.362 e. The van der Waals surface area contributed by atoms with Gasteiger partial charge in [-0.15, -0.1) is 5.10 Å². The third-order valence-corrected chi connectivity index (χ3v) is 4.06. The van der Waals surface area contributed by atoms with Crippen molar-refractivity contribution in [2.75, 3.05) is 10.6 Å². The van der Waals surface area contributed by atoms with E-state index >= 15 is 0 Å². The second-order valence-corrected chi connectivity index (χ2v) is 6.34. The van der Waals surface area contributed by atoms with Crippen LogP contribution in [0, 0.1) is 0 Å². The summed E-state index contributed by atoms with van der Waals surface area (Å²) in [6.07, 6.45) is 1.63. The zero-order valence-corrected chi connectivity index (χ0v) is 14.8. The summed E-state index contributed by atoms with van der Waals surface area (Å²) in [6, 6.07) is 18.7. The normalized spacial score (nSPS) is 12.0. The molecule has 0 aliphatic heterocycles. The Bertz CT molecular complexity index is 800. The SMILES string of the molecule is CC(C)c1ccc(Nc2nncc(NC(C)c3ccccc3)n2)cc1. The van der Waals surface area contributed by atoms with Crippen LogP contribution in [-0.4, -0.2) is 15.2 Å². The third-order valence-electron chi connectivity index (χ3n) is 4.06. The van der Waals surface area contributed by atoms with E-state index < -0.39 is 0 Å². The summed E-state index contributed by atoms with van der Waals surface area (Å²) in [4.78, 5) is 4.50. The van der Waals surface area contributed by atoms with E-state index in [1.165, 1.54) is 11.1 Å². The molecular weight excluding hydrogens is 310 g/mol. The lowest BCUT2D eigenvalue weighted by Gasteiger charge is -2.15. The second-order valence-electron chi connectivity index (χ2n) is 6.34. The molecule has 2 aromatic carbocycles. The van der Waals surface area contributed by atoms with Gasteiger partial charge in [-0.05, 0) is 36.1 Å². The summed E-state index contributed by atoms with van der Waals surface area (Å²) in [5.74, 6) is 1.68. The standard InChI is InChI=1S/C20H23N5/c1-14(2)16-9-11-18(12-10-16)23-20-24-19(13-21-25-20)22-15(3)17-7-5-4-6-8-17/h4-15H,1-3H3,(H2,22,23,24,25). The summed E-state index contributed by atoms with van der Waals surface area (Å²) < 4.78 is 0. The molecule has 2 N–H and O–H groups in total. The maximum Gasteiger partial charge on any atom is 0.249 e. The van der Waals surface area contributed by atoms with E-state index in [0.29, 0.717) is 17.7 Å². The number of hydrogen-bond acceptors (Lipinski definition) is 5. The lowest BCUT2D eigenvalue weighted by molar-refractivity contribution is 0.860. The summed E-state index contributed by atoms with van der Waals surface area (Å²) in [5.41, 5.74) is 3.44. The summed E-state index contributed by atoms with van der Waals surface area (Å²) in [6.45, 7) is 6.45. The molecule has 5 nitrogen and oxygen atoms in total. The Morgan fingerprint density at radius 2 is 1.56 bits per heavy atom. The highest BCUT2D eigenvalue weighted by molar-refractivity contribution is 5.54. The molecular formula is C20H23N5. The van der Waals surface area contributed by atoms with Crippen LogP contribution in [0.4, 0.5) is 17.5 Å². The van der Waals surface area contributed by atoms with Gasteiger partial charge >= 0.3 is 0 Å². The number of anilines is 3. The highest BCUT2D eigenvalue weighted by atomic mass is 15.3. The summed E-state index contributed by atoms with van der Waals surface area (Å²) in [7, 11) is 0. The highest BCUT2D eigenvalue weighted by Crippen LogP contribution is 2.20. The molecule has 0 amide bonds. The first-order chi connectivity index (χ1) is 12.1. The van der Waals surface area contributed by atoms with Crippen LogP contribution in [-0.2, 0) is 0 Å². The quantitative estimate of drug-likeness (QED) is 0.671. The fourth-order valence-electron chi connectivity index (χ4n) is 2.55. The zero-order chi connectivity index (χ0) is 17.6. The molecule has 1 aromatic heterocycles. The Labute approximate surface area is 148 Å². The van der Waals surface area contributed by atoms with Crippen LogP contribution in [0.1, 0.15) is 43.9 Å². The molecule has 0 radical (unpaired) electrons. The van der Waals surface area contributed by atoms with Crippen molar-refractivity contribution in [1.82, 2.24) is 15.2 Å². The van der Waals surface area contributed by atoms with Crippen LogP contribution < -0.4 is 10.6 Å². The maximum atomic E-state index is 4.50. The molecule has 1 unspecified atom stereocenters. The zero-order valence-electron chi connectivity index (χ0n) is 14.8. The van der Waals surface area contributed by atoms with Gasteiger partial charge in [0, 0.05) is 11.7 Å². The van der Waals surface area contributed by atoms with Gasteiger partial charge in [0.1, 0.15) is 0 Å². The smallest absolute Gasteiger partial charge is 0.249 e. The van der Waals surface area contributed by atoms with E-state index in [4.69, 9.17) is 0 Å². The average Bonchev–Trinajstić information content (AvgIpc) is 2.63. The fraction of sp³-hybridized carbons (Fsp3) is 0.250. The van der Waals surface area contributed by atoms with Crippen LogP contribution in [0.3, 0.4) is 0 Å². The number of hydrogen-bond donors (Lipinski definition) is 2. The van der Waals surface area contributed by atoms with Crippen molar-refractivity contribution in [3.05, 3.63) is 71.9 Å². The number of rotatable bonds is 6. The molecule has 0 bridgehead atoms. The molecule has 0 fully saturated rings. The molecule has 0 saturated carbocycles. The molecule has 1 atom stereocenters. The Hall–Kier alpha value is -2.95. The Morgan fingerprint density at radius 1 is 0.840 bits per heavy atom. The average molecular weight is 333 g/mol. The van der Waals surface area contributed by atoms with E-state index in [9.17, 15) is 0 Å². The van der Waals surface area contributed by atoms with E-state index in [1.807, 2.05) is 30.3 Å². The van der Waals surface area contributed by atoms with Gasteiger partial charge in [-0.25, -0.2) is 0 Å². The predicted molar refractivity (Wildman–Crippen MR) is 102 cm³/mol. The second kappa shape index (κ2) is 7.75. The van der Waals surface area contributed by atoms with Gasteiger partial charge in [0.25, 0.3) is 0 Å². The van der Waals surface area contributed by atoms with E-state index in [0.717, 1.165) is 5.69 Å². The van der Waals surface area contributed by atoms with Crippen molar-refractivity contribution < 1.29 is 0 Å². The number of nitrogens with zero attached hydrogens (tertiary/aromatic N) is 3. The molecule has 128 valence electrons. The Morgan fingerprint density at radius 3 is 2.24 bits per heavy atom. The minimum atomic E-state index is 0.135. The minimum absolute atomic E-state index is 0.135. The molecule has 0 saturated heterocycles. The first kappa shape index (κ1) is 16.9. The molecule has 0 aliphatic carbocycles. The minimum Gasteiger partial charge on any atom is -0.362 e. The monoisotopic (exact) mass is 333 g/mol. The van der Waals surface area contributed by atoms with Crippen molar-refractivity contribution in [3.8, 4) is 0 Å². The van der Waals surface area contributed by atoms with Crippen molar-refractivity contribution in [3.63, 3.8) is 0 Å². The molecule has 3 aromatic rings. The van der Waals surface area contributed by atoms with E-state index in [-0.39, 0.29) is 6.04 Å². The van der Waals surface area contributed by atoms with Gasteiger partial charge in [-0.3, -0.25) is 0 Å². The molecule has 0 spiro atoms. The molecule has 1 heterocycles. The van der Waals surface area contributed by atoms with E-state index in [2.05, 4.69) is 70.9 Å². The van der Waals surface area contributed by atoms with Gasteiger partial charge in [0.05, 0.1) is 6.20 Å². The van der Waals surface area contributed by atoms with E-state index in [1.54, 1.807) is 6.20 Å². The van der Waals surface area contributed by atoms with Crippen molar-refractivity contribution >= 4 is 17.5 Å². The number of nitrogens with one attached hydrogen (secondary N) is 2. The van der Waals surface area contributed by atoms with Crippen molar-refractivity contribution in [1.29, 1.82) is 0 Å². The third kappa shape index (κ3) is 4.53. The summed E-state index contributed by atoms with van der Waals surface area (Å²) >= 11 is 0. The highest BCUT2D eigenvalue weighted by Gasteiger charge is 2.07. The van der Waals surface area contributed by atoms with Crippen LogP contribution in [0.5, 0.6) is 0 Å². The van der Waals surface area contributed by atoms with Crippen molar-refractivity contribution in [2.24, 2.45) is 0 Å². The molecule has 25 heavy (non-hydrogen) atoms. The molecule has 3 rings (SSSR count). The Balaban J connectivity index is 1.69. The van der Waals surface area contributed by atoms with Crippen LogP contribution in [0.15, 0.2) is 60.8 Å². The van der Waals surface area contributed by atoms with Gasteiger partial charge in [0.2, 0.25) is 5.95 Å². The fourth-order valence-corrected chi connectivity index (χ4v) is 2.55.